The molecule has 0 aliphatic carbocycles. The summed E-state index contributed by atoms with van der Waals surface area (Å²) in [5.74, 6) is -56.6. The van der Waals surface area contributed by atoms with Crippen LogP contribution in [0.25, 0.3) is 22.3 Å². The standard InChI is InChI=1S/C42H8B2F20O4S2/c45-23-19(24(46)32(54)39(61)31(23)53)43(20-25(47)33(55)40(62)34(56)26(20)48)9-1-3-11-13-7-14-12-4-2-10(6-16(12)70(67,68)18(14)8-17(13)69(65,66)15(11)5-9)44(21-27(49)35(57)41(63)36(58)28(21)50)22-29(51)37(59)42(64)38(60)30(22)52/h1-8H. The second kappa shape index (κ2) is 15.8. The average molecular weight is 1040 g/mol. The molecule has 0 atom stereocenters. The van der Waals surface area contributed by atoms with Crippen LogP contribution in [0.4, 0.5) is 87.8 Å². The van der Waals surface area contributed by atoms with E-state index in [0.29, 0.717) is 30.3 Å². The molecule has 70 heavy (non-hydrogen) atoms. The van der Waals surface area contributed by atoms with Crippen molar-refractivity contribution in [3.63, 3.8) is 0 Å². The highest BCUT2D eigenvalue weighted by molar-refractivity contribution is 7.93. The van der Waals surface area contributed by atoms with Crippen molar-refractivity contribution in [2.45, 2.75) is 19.6 Å². The van der Waals surface area contributed by atoms with E-state index in [4.69, 9.17) is 0 Å². The van der Waals surface area contributed by atoms with Crippen molar-refractivity contribution in [3.05, 3.63) is 165 Å². The summed E-state index contributed by atoms with van der Waals surface area (Å²) in [5.41, 5.74) is -13.6. The molecule has 4 nitrogen and oxygen atoms in total. The highest BCUT2D eigenvalue weighted by Gasteiger charge is 2.46. The van der Waals surface area contributed by atoms with Crippen molar-refractivity contribution in [2.24, 2.45) is 0 Å². The molecule has 0 N–H and O–H groups in total. The minimum Gasteiger partial charge on any atom is -0.218 e. The van der Waals surface area contributed by atoms with E-state index < -0.39 is 224 Å². The van der Waals surface area contributed by atoms with Gasteiger partial charge in [0.05, 0.1) is 19.6 Å². The molecule has 28 heteroatoms. The minimum absolute atomic E-state index is 0.268. The molecule has 9 rings (SSSR count). The lowest BCUT2D eigenvalue weighted by molar-refractivity contribution is 0.382. The summed E-state index contributed by atoms with van der Waals surface area (Å²) < 4.78 is 353. The quantitative estimate of drug-likeness (QED) is 0.0771. The number of hydrogen-bond donors (Lipinski definition) is 0. The molecule has 7 aromatic carbocycles. The summed E-state index contributed by atoms with van der Waals surface area (Å²) in [6, 6.07) is 3.99. The number of halogens is 20. The maximum absolute atomic E-state index is 15.4. The first-order valence-corrected chi connectivity index (χ1v) is 21.6. The van der Waals surface area contributed by atoms with Gasteiger partial charge in [-0.2, -0.15) is 0 Å². The molecule has 2 heterocycles. The molecular formula is C42H8B2F20O4S2. The Balaban J connectivity index is 1.25. The van der Waals surface area contributed by atoms with Crippen LogP contribution in [0.2, 0.25) is 0 Å². The Kier molecular flexibility index (Phi) is 10.9. The summed E-state index contributed by atoms with van der Waals surface area (Å²) in [6.45, 7) is -6.49. The lowest BCUT2D eigenvalue weighted by Crippen LogP contribution is -2.58. The fraction of sp³-hybridized carbons (Fsp3) is 0. The van der Waals surface area contributed by atoms with Crippen LogP contribution in [-0.4, -0.2) is 30.3 Å². The Labute approximate surface area is 376 Å². The predicted octanol–water partition coefficient (Wildman–Crippen LogP) is 7.13. The Bertz CT molecular complexity index is 3350. The van der Waals surface area contributed by atoms with Gasteiger partial charge in [-0.15, -0.1) is 0 Å². The predicted molar refractivity (Wildman–Crippen MR) is 202 cm³/mol. The van der Waals surface area contributed by atoms with E-state index >= 15 is 35.1 Å². The smallest absolute Gasteiger partial charge is 0.218 e. The summed E-state index contributed by atoms with van der Waals surface area (Å²) in [4.78, 5) is -4.27. The van der Waals surface area contributed by atoms with Crippen LogP contribution < -0.4 is 32.8 Å². The van der Waals surface area contributed by atoms with E-state index in [1.54, 1.807) is 0 Å². The van der Waals surface area contributed by atoms with Crippen LogP contribution in [0.5, 0.6) is 0 Å². The van der Waals surface area contributed by atoms with Gasteiger partial charge in [0.2, 0.25) is 19.7 Å². The monoisotopic (exact) mass is 1040 g/mol. The molecule has 0 radical (unpaired) electrons. The van der Waals surface area contributed by atoms with Crippen LogP contribution in [0.15, 0.2) is 68.1 Å². The average Bonchev–Trinajstić information content (AvgIpc) is 3.69. The van der Waals surface area contributed by atoms with Gasteiger partial charge in [-0.1, -0.05) is 35.2 Å². The second-order valence-corrected chi connectivity index (χ2v) is 18.9. The molecule has 0 saturated carbocycles. The first-order valence-electron chi connectivity index (χ1n) is 18.6. The van der Waals surface area contributed by atoms with Crippen LogP contribution in [0.3, 0.4) is 0 Å². The van der Waals surface area contributed by atoms with Gasteiger partial charge in [0, 0.05) is 44.1 Å². The minimum atomic E-state index is -5.29. The fourth-order valence-electron chi connectivity index (χ4n) is 8.45. The number of hydrogen-bond acceptors (Lipinski definition) is 4. The number of sulfone groups is 2. The number of benzene rings is 7. The first-order chi connectivity index (χ1) is 32.6. The third-order valence-corrected chi connectivity index (χ3v) is 15.3. The third kappa shape index (κ3) is 6.32. The maximum atomic E-state index is 15.4. The van der Waals surface area contributed by atoms with E-state index in [1.165, 1.54) is 0 Å². The highest BCUT2D eigenvalue weighted by Crippen LogP contribution is 2.51. The molecule has 2 aliphatic heterocycles. The van der Waals surface area contributed by atoms with Gasteiger partial charge in [-0.3, -0.25) is 0 Å². The highest BCUT2D eigenvalue weighted by atomic mass is 32.2. The Hall–Kier alpha value is -6.83. The van der Waals surface area contributed by atoms with E-state index in [9.17, 15) is 69.5 Å². The van der Waals surface area contributed by atoms with Crippen LogP contribution >= 0.6 is 0 Å². The van der Waals surface area contributed by atoms with Crippen LogP contribution in [0.1, 0.15) is 0 Å². The molecule has 0 spiro atoms. The summed E-state index contributed by atoms with van der Waals surface area (Å²) in [5, 5.41) is 0. The zero-order valence-corrected chi connectivity index (χ0v) is 34.4. The van der Waals surface area contributed by atoms with Crippen molar-refractivity contribution in [1.29, 1.82) is 0 Å². The topological polar surface area (TPSA) is 68.3 Å². The molecule has 0 bridgehead atoms. The molecule has 358 valence electrons. The van der Waals surface area contributed by atoms with Gasteiger partial charge < -0.3 is 0 Å². The fourth-order valence-corrected chi connectivity index (χ4v) is 12.0. The van der Waals surface area contributed by atoms with Crippen molar-refractivity contribution in [2.75, 3.05) is 0 Å². The molecule has 7 aromatic rings. The Morgan fingerprint density at radius 1 is 0.243 bits per heavy atom. The lowest BCUT2D eigenvalue weighted by atomic mass is 9.36. The summed E-state index contributed by atoms with van der Waals surface area (Å²) >= 11 is 0. The summed E-state index contributed by atoms with van der Waals surface area (Å²) in [6.07, 6.45) is 0. The van der Waals surface area contributed by atoms with Crippen molar-refractivity contribution >= 4 is 65.9 Å². The third-order valence-electron chi connectivity index (χ3n) is 11.6. The SMILES string of the molecule is O=S1(=O)c2cc(B(c3c(F)c(F)c(F)c(F)c3F)c3c(F)c(F)c(F)c(F)c3F)ccc2-c2cc3c(cc21)S(=O)(=O)c1cc(B(c2c(F)c(F)c(F)c(F)c2F)c2c(F)c(F)c(F)c(F)c2F)ccc1-3. The maximum Gasteiger partial charge on any atom is 0.257 e. The lowest BCUT2D eigenvalue weighted by Gasteiger charge is -2.20. The molecule has 0 saturated heterocycles. The number of fused-ring (bicyclic) bond motifs is 6. The van der Waals surface area contributed by atoms with Gasteiger partial charge in [0.25, 0.3) is 13.4 Å². The molecule has 0 unspecified atom stereocenters. The normalized spacial score (nSPS) is 13.9. The van der Waals surface area contributed by atoms with Gasteiger partial charge >= 0.3 is 0 Å². The summed E-state index contributed by atoms with van der Waals surface area (Å²) in [7, 11) is -10.6. The molecule has 2 aliphatic rings. The van der Waals surface area contributed by atoms with Gasteiger partial charge in [-0.05, 0) is 24.3 Å². The van der Waals surface area contributed by atoms with E-state index in [0.717, 1.165) is 6.07 Å². The number of rotatable bonds is 6. The molecular weight excluding hydrogens is 1030 g/mol. The zero-order valence-electron chi connectivity index (χ0n) is 32.8. The van der Waals surface area contributed by atoms with E-state index in [2.05, 4.69) is 0 Å². The van der Waals surface area contributed by atoms with Crippen molar-refractivity contribution in [3.8, 4) is 22.3 Å². The van der Waals surface area contributed by atoms with E-state index in [-0.39, 0.29) is 12.1 Å². The Morgan fingerprint density at radius 3 is 0.671 bits per heavy atom. The van der Waals surface area contributed by atoms with Crippen molar-refractivity contribution in [1.82, 2.24) is 0 Å². The second-order valence-electron chi connectivity index (χ2n) is 15.2. The zero-order chi connectivity index (χ0) is 51.4. The molecule has 0 amide bonds. The van der Waals surface area contributed by atoms with Gasteiger partial charge in [0.1, 0.15) is 0 Å². The van der Waals surface area contributed by atoms with Crippen molar-refractivity contribution < 1.29 is 105 Å². The van der Waals surface area contributed by atoms with Crippen LogP contribution in [0, 0.1) is 116 Å². The molecule has 0 fully saturated rings. The molecule has 0 aromatic heterocycles. The van der Waals surface area contributed by atoms with E-state index in [1.807, 2.05) is 0 Å². The Morgan fingerprint density at radius 2 is 0.443 bits per heavy atom. The largest absolute Gasteiger partial charge is 0.257 e. The van der Waals surface area contributed by atoms with Crippen LogP contribution in [-0.2, 0) is 19.7 Å². The first kappa shape index (κ1) is 48.2. The van der Waals surface area contributed by atoms with Gasteiger partial charge in [0.15, 0.2) is 116 Å². The van der Waals surface area contributed by atoms with Gasteiger partial charge in [-0.25, -0.2) is 105 Å².